The van der Waals surface area contributed by atoms with Gasteiger partial charge in [0.05, 0.1) is 5.75 Å². The van der Waals surface area contributed by atoms with Crippen LogP contribution in [0.1, 0.15) is 39.0 Å². The molecule has 0 spiro atoms. The molecule has 0 aromatic carbocycles. The maximum Gasteiger partial charge on any atom is 0.223 e. The zero-order valence-electron chi connectivity index (χ0n) is 13.6. The Morgan fingerprint density at radius 3 is 2.32 bits per heavy atom. The van der Waals surface area contributed by atoms with Gasteiger partial charge >= 0.3 is 0 Å². The predicted molar refractivity (Wildman–Crippen MR) is 87.1 cm³/mol. The molecule has 1 N–H and O–H groups in total. The summed E-state index contributed by atoms with van der Waals surface area (Å²) in [5.41, 5.74) is 0. The molecule has 0 atom stereocenters. The molecule has 0 saturated carbocycles. The number of carbonyl (C=O) groups is 1. The summed E-state index contributed by atoms with van der Waals surface area (Å²) in [4.78, 5) is 14.6. The van der Waals surface area contributed by atoms with Crippen LogP contribution in [-0.4, -0.2) is 68.6 Å². The number of amides is 1. The second-order valence-corrected chi connectivity index (χ2v) is 8.52. The van der Waals surface area contributed by atoms with Crippen molar-refractivity contribution < 1.29 is 13.2 Å². The lowest BCUT2D eigenvalue weighted by Gasteiger charge is -2.30. The average molecular weight is 331 g/mol. The van der Waals surface area contributed by atoms with E-state index in [2.05, 4.69) is 10.2 Å². The normalized spacial score (nSPS) is 22.6. The summed E-state index contributed by atoms with van der Waals surface area (Å²) >= 11 is 0. The standard InChI is InChI=1S/C15H29N3O3S/c1-2-22(20,21)18-11-6-14(7-12-18)15(19)16-8-13-17-9-4-3-5-10-17/h14H,2-13H2,1H3,(H,16,19). The van der Waals surface area contributed by atoms with Crippen molar-refractivity contribution in [3.63, 3.8) is 0 Å². The minimum absolute atomic E-state index is 0.0374. The van der Waals surface area contributed by atoms with E-state index in [4.69, 9.17) is 0 Å². The third-order valence-electron chi connectivity index (χ3n) is 4.76. The Balaban J connectivity index is 1.66. The number of hydrogen-bond acceptors (Lipinski definition) is 4. The lowest BCUT2D eigenvalue weighted by atomic mass is 9.97. The van der Waals surface area contributed by atoms with E-state index in [9.17, 15) is 13.2 Å². The lowest BCUT2D eigenvalue weighted by molar-refractivity contribution is -0.126. The first kappa shape index (κ1) is 17.7. The van der Waals surface area contributed by atoms with E-state index in [0.29, 0.717) is 32.5 Å². The van der Waals surface area contributed by atoms with Gasteiger partial charge in [-0.3, -0.25) is 4.79 Å². The average Bonchev–Trinajstić information content (AvgIpc) is 2.56. The molecule has 0 bridgehead atoms. The fourth-order valence-corrected chi connectivity index (χ4v) is 4.38. The molecule has 0 radical (unpaired) electrons. The maximum absolute atomic E-state index is 12.2. The Kier molecular flexibility index (Phi) is 6.65. The van der Waals surface area contributed by atoms with Crippen molar-refractivity contribution in [2.75, 3.05) is 45.0 Å². The number of rotatable bonds is 6. The van der Waals surface area contributed by atoms with Crippen molar-refractivity contribution in [3.8, 4) is 0 Å². The molecular formula is C15H29N3O3S. The Morgan fingerprint density at radius 2 is 1.73 bits per heavy atom. The van der Waals surface area contributed by atoms with Gasteiger partial charge in [-0.1, -0.05) is 6.42 Å². The first-order valence-electron chi connectivity index (χ1n) is 8.51. The molecule has 128 valence electrons. The molecule has 2 aliphatic rings. The molecule has 22 heavy (non-hydrogen) atoms. The van der Waals surface area contributed by atoms with E-state index in [0.717, 1.165) is 19.6 Å². The zero-order valence-corrected chi connectivity index (χ0v) is 14.4. The zero-order chi connectivity index (χ0) is 16.0. The summed E-state index contributed by atoms with van der Waals surface area (Å²) in [5.74, 6) is 0.190. The molecule has 2 aliphatic heterocycles. The van der Waals surface area contributed by atoms with Crippen LogP contribution in [0.15, 0.2) is 0 Å². The summed E-state index contributed by atoms with van der Waals surface area (Å²) in [6.45, 7) is 6.52. The first-order chi connectivity index (χ1) is 10.5. The van der Waals surface area contributed by atoms with E-state index >= 15 is 0 Å². The van der Waals surface area contributed by atoms with Crippen molar-refractivity contribution in [2.24, 2.45) is 5.92 Å². The van der Waals surface area contributed by atoms with Gasteiger partial charge in [-0.05, 0) is 45.7 Å². The number of nitrogens with one attached hydrogen (secondary N) is 1. The molecule has 0 aromatic heterocycles. The van der Waals surface area contributed by atoms with Crippen LogP contribution in [0, 0.1) is 5.92 Å². The van der Waals surface area contributed by atoms with Crippen LogP contribution in [0.3, 0.4) is 0 Å². The quantitative estimate of drug-likeness (QED) is 0.776. The summed E-state index contributed by atoms with van der Waals surface area (Å²) in [7, 11) is -3.11. The SMILES string of the molecule is CCS(=O)(=O)N1CCC(C(=O)NCCN2CCCCC2)CC1. The van der Waals surface area contributed by atoms with Crippen LogP contribution >= 0.6 is 0 Å². The van der Waals surface area contributed by atoms with E-state index in [-0.39, 0.29) is 17.6 Å². The number of piperidine rings is 2. The van der Waals surface area contributed by atoms with E-state index < -0.39 is 10.0 Å². The molecule has 2 heterocycles. The second kappa shape index (κ2) is 8.26. The Hall–Kier alpha value is -0.660. The molecule has 6 nitrogen and oxygen atoms in total. The minimum atomic E-state index is -3.11. The molecular weight excluding hydrogens is 302 g/mol. The Morgan fingerprint density at radius 1 is 1.09 bits per heavy atom. The highest BCUT2D eigenvalue weighted by Gasteiger charge is 2.29. The molecule has 0 aliphatic carbocycles. The molecule has 7 heteroatoms. The minimum Gasteiger partial charge on any atom is -0.355 e. The molecule has 2 fully saturated rings. The number of sulfonamides is 1. The van der Waals surface area contributed by atoms with Crippen LogP contribution in [0.25, 0.3) is 0 Å². The van der Waals surface area contributed by atoms with Crippen molar-refractivity contribution in [1.29, 1.82) is 0 Å². The fraction of sp³-hybridized carbons (Fsp3) is 0.933. The largest absolute Gasteiger partial charge is 0.355 e. The van der Waals surface area contributed by atoms with E-state index in [1.807, 2.05) is 0 Å². The first-order valence-corrected chi connectivity index (χ1v) is 10.1. The summed E-state index contributed by atoms with van der Waals surface area (Å²) in [6.07, 6.45) is 5.11. The van der Waals surface area contributed by atoms with Crippen LogP contribution in [0.4, 0.5) is 0 Å². The number of likely N-dealkylation sites (tertiary alicyclic amines) is 1. The van der Waals surface area contributed by atoms with E-state index in [1.54, 1.807) is 6.92 Å². The fourth-order valence-electron chi connectivity index (χ4n) is 3.24. The number of nitrogens with zero attached hydrogens (tertiary/aromatic N) is 2. The Bertz CT molecular complexity index is 453. The van der Waals surface area contributed by atoms with Gasteiger partial charge in [0.1, 0.15) is 0 Å². The van der Waals surface area contributed by atoms with Crippen LogP contribution in [0.2, 0.25) is 0 Å². The second-order valence-electron chi connectivity index (χ2n) is 6.27. The Labute approximate surface area is 134 Å². The molecule has 1 amide bonds. The highest BCUT2D eigenvalue weighted by molar-refractivity contribution is 7.89. The van der Waals surface area contributed by atoms with E-state index in [1.165, 1.54) is 23.6 Å². The van der Waals surface area contributed by atoms with Gasteiger partial charge in [-0.2, -0.15) is 0 Å². The molecule has 0 unspecified atom stereocenters. The van der Waals surface area contributed by atoms with Crippen molar-refractivity contribution in [1.82, 2.24) is 14.5 Å². The van der Waals surface area contributed by atoms with Gasteiger partial charge in [0.15, 0.2) is 0 Å². The van der Waals surface area contributed by atoms with Crippen LogP contribution in [0.5, 0.6) is 0 Å². The third kappa shape index (κ3) is 4.93. The van der Waals surface area contributed by atoms with Gasteiger partial charge < -0.3 is 10.2 Å². The van der Waals surface area contributed by atoms with Gasteiger partial charge in [0.25, 0.3) is 0 Å². The highest BCUT2D eigenvalue weighted by atomic mass is 32.2. The summed E-state index contributed by atoms with van der Waals surface area (Å²) in [5, 5.41) is 3.02. The number of carbonyl (C=O) groups excluding carboxylic acids is 1. The topological polar surface area (TPSA) is 69.7 Å². The maximum atomic E-state index is 12.2. The monoisotopic (exact) mass is 331 g/mol. The smallest absolute Gasteiger partial charge is 0.223 e. The van der Waals surface area contributed by atoms with Crippen LogP contribution < -0.4 is 5.32 Å². The number of hydrogen-bond donors (Lipinski definition) is 1. The van der Waals surface area contributed by atoms with Crippen molar-refractivity contribution in [3.05, 3.63) is 0 Å². The van der Waals surface area contributed by atoms with Crippen molar-refractivity contribution >= 4 is 15.9 Å². The van der Waals surface area contributed by atoms with Gasteiger partial charge in [-0.15, -0.1) is 0 Å². The molecule has 2 saturated heterocycles. The van der Waals surface area contributed by atoms with Gasteiger partial charge in [0.2, 0.25) is 15.9 Å². The van der Waals surface area contributed by atoms with Crippen LogP contribution in [-0.2, 0) is 14.8 Å². The predicted octanol–water partition coefficient (Wildman–Crippen LogP) is 0.650. The third-order valence-corrected chi connectivity index (χ3v) is 6.64. The van der Waals surface area contributed by atoms with Gasteiger partial charge in [0, 0.05) is 32.1 Å². The molecule has 2 rings (SSSR count). The summed E-state index contributed by atoms with van der Waals surface area (Å²) in [6, 6.07) is 0. The van der Waals surface area contributed by atoms with Gasteiger partial charge in [-0.25, -0.2) is 12.7 Å². The summed E-state index contributed by atoms with van der Waals surface area (Å²) < 4.78 is 25.1. The highest BCUT2D eigenvalue weighted by Crippen LogP contribution is 2.20. The lowest BCUT2D eigenvalue weighted by Crippen LogP contribution is -2.45. The molecule has 0 aromatic rings. The van der Waals surface area contributed by atoms with Crippen molar-refractivity contribution in [2.45, 2.75) is 39.0 Å².